The number of H-pyrrole nitrogens is 1. The van der Waals surface area contributed by atoms with Crippen LogP contribution in [0.4, 0.5) is 0 Å². The van der Waals surface area contributed by atoms with E-state index in [1.54, 1.807) is 12.3 Å². The van der Waals surface area contributed by atoms with Crippen molar-refractivity contribution in [3.8, 4) is 17.3 Å². The Morgan fingerprint density at radius 2 is 2.17 bits per heavy atom. The second-order valence-corrected chi connectivity index (χ2v) is 4.36. The molecule has 0 amide bonds. The fraction of sp³-hybridized carbons (Fsp3) is 0.231. The molecule has 1 aliphatic carbocycles. The van der Waals surface area contributed by atoms with Crippen LogP contribution in [0.25, 0.3) is 11.3 Å². The Hall–Kier alpha value is -2.48. The van der Waals surface area contributed by atoms with Crippen molar-refractivity contribution < 1.29 is 0 Å². The van der Waals surface area contributed by atoms with Crippen LogP contribution < -0.4 is 5.56 Å². The van der Waals surface area contributed by atoms with E-state index in [1.165, 1.54) is 12.3 Å². The molecule has 0 radical (unpaired) electrons. The Labute approximate surface area is 103 Å². The molecule has 2 heterocycles. The second kappa shape index (κ2) is 4.08. The van der Waals surface area contributed by atoms with Crippen LogP contribution in [0, 0.1) is 11.3 Å². The zero-order valence-electron chi connectivity index (χ0n) is 9.55. The molecular formula is C13H10N4O. The fourth-order valence-corrected chi connectivity index (χ4v) is 1.82. The zero-order valence-corrected chi connectivity index (χ0v) is 9.55. The number of aromatic amines is 1. The lowest BCUT2D eigenvalue weighted by Gasteiger charge is -2.03. The molecule has 5 nitrogen and oxygen atoms in total. The molecule has 0 aromatic carbocycles. The summed E-state index contributed by atoms with van der Waals surface area (Å²) in [5, 5.41) is 8.84. The first-order valence-electron chi connectivity index (χ1n) is 5.73. The molecular weight excluding hydrogens is 228 g/mol. The Balaban J connectivity index is 2.10. The summed E-state index contributed by atoms with van der Waals surface area (Å²) in [5.41, 5.74) is 1.57. The van der Waals surface area contributed by atoms with Gasteiger partial charge in [0.25, 0.3) is 5.56 Å². The van der Waals surface area contributed by atoms with Crippen molar-refractivity contribution in [1.82, 2.24) is 15.0 Å². The van der Waals surface area contributed by atoms with Crippen molar-refractivity contribution in [3.05, 3.63) is 46.3 Å². The monoisotopic (exact) mass is 238 g/mol. The van der Waals surface area contributed by atoms with Gasteiger partial charge in [-0.3, -0.25) is 9.78 Å². The Kier molecular flexibility index (Phi) is 2.41. The lowest BCUT2D eigenvalue weighted by molar-refractivity contribution is 0.912. The first kappa shape index (κ1) is 10.7. The van der Waals surface area contributed by atoms with Gasteiger partial charge in [0.1, 0.15) is 11.9 Å². The third-order valence-electron chi connectivity index (χ3n) is 2.89. The van der Waals surface area contributed by atoms with E-state index in [0.717, 1.165) is 18.7 Å². The predicted molar refractivity (Wildman–Crippen MR) is 64.8 cm³/mol. The van der Waals surface area contributed by atoms with Gasteiger partial charge < -0.3 is 4.98 Å². The summed E-state index contributed by atoms with van der Waals surface area (Å²) in [6.07, 6.45) is 5.24. The number of nitrogens with zero attached hydrogens (tertiary/aromatic N) is 3. The van der Waals surface area contributed by atoms with Crippen LogP contribution in [0.15, 0.2) is 29.3 Å². The standard InChI is InChI=1S/C13H10N4O/c14-5-8-3-10(7-15-6-8)11-4-12(18)17-13(16-11)9-1-2-9/h3-4,6-7,9H,1-2H2,(H,16,17,18). The quantitative estimate of drug-likeness (QED) is 0.861. The number of pyridine rings is 1. The minimum absolute atomic E-state index is 0.163. The van der Waals surface area contributed by atoms with Crippen LogP contribution in [0.5, 0.6) is 0 Å². The summed E-state index contributed by atoms with van der Waals surface area (Å²) in [4.78, 5) is 22.8. The highest BCUT2D eigenvalue weighted by Crippen LogP contribution is 2.37. The van der Waals surface area contributed by atoms with Crippen LogP contribution in [-0.2, 0) is 0 Å². The summed E-state index contributed by atoms with van der Waals surface area (Å²) in [7, 11) is 0. The third kappa shape index (κ3) is 2.00. The van der Waals surface area contributed by atoms with Gasteiger partial charge in [0, 0.05) is 29.9 Å². The number of hydrogen-bond donors (Lipinski definition) is 1. The van der Waals surface area contributed by atoms with Crippen molar-refractivity contribution >= 4 is 0 Å². The molecule has 0 saturated heterocycles. The van der Waals surface area contributed by atoms with Gasteiger partial charge in [0.2, 0.25) is 0 Å². The van der Waals surface area contributed by atoms with Crippen molar-refractivity contribution in [3.63, 3.8) is 0 Å². The van der Waals surface area contributed by atoms with Crippen molar-refractivity contribution in [2.24, 2.45) is 0 Å². The predicted octanol–water partition coefficient (Wildman–Crippen LogP) is 1.58. The normalized spacial score (nSPS) is 14.2. The zero-order chi connectivity index (χ0) is 12.5. The molecule has 1 aliphatic rings. The number of hydrogen-bond acceptors (Lipinski definition) is 4. The maximum Gasteiger partial charge on any atom is 0.251 e. The van der Waals surface area contributed by atoms with E-state index in [0.29, 0.717) is 22.7 Å². The lowest BCUT2D eigenvalue weighted by atomic mass is 10.1. The molecule has 0 atom stereocenters. The number of rotatable bonds is 2. The number of nitrogens with one attached hydrogen (secondary N) is 1. The maximum absolute atomic E-state index is 11.6. The number of aromatic nitrogens is 3. The third-order valence-corrected chi connectivity index (χ3v) is 2.89. The van der Waals surface area contributed by atoms with E-state index in [-0.39, 0.29) is 5.56 Å². The molecule has 0 unspecified atom stereocenters. The van der Waals surface area contributed by atoms with Crippen molar-refractivity contribution in [2.45, 2.75) is 18.8 Å². The van der Waals surface area contributed by atoms with Gasteiger partial charge >= 0.3 is 0 Å². The van der Waals surface area contributed by atoms with E-state index < -0.39 is 0 Å². The summed E-state index contributed by atoms with van der Waals surface area (Å²) in [5.74, 6) is 1.12. The minimum Gasteiger partial charge on any atom is -0.310 e. The van der Waals surface area contributed by atoms with Crippen molar-refractivity contribution in [1.29, 1.82) is 5.26 Å². The first-order valence-corrected chi connectivity index (χ1v) is 5.73. The summed E-state index contributed by atoms with van der Waals surface area (Å²) in [6, 6.07) is 5.15. The van der Waals surface area contributed by atoms with Gasteiger partial charge in [-0.2, -0.15) is 5.26 Å². The molecule has 1 fully saturated rings. The SMILES string of the molecule is N#Cc1cncc(-c2cc(=O)[nH]c(C3CC3)n2)c1. The molecule has 88 valence electrons. The smallest absolute Gasteiger partial charge is 0.251 e. The molecule has 3 rings (SSSR count). The van der Waals surface area contributed by atoms with Gasteiger partial charge in [-0.25, -0.2) is 4.98 Å². The molecule has 0 spiro atoms. The highest BCUT2D eigenvalue weighted by molar-refractivity contribution is 5.59. The van der Waals surface area contributed by atoms with Crippen LogP contribution >= 0.6 is 0 Å². The van der Waals surface area contributed by atoms with Gasteiger partial charge in [-0.1, -0.05) is 0 Å². The van der Waals surface area contributed by atoms with E-state index in [1.807, 2.05) is 6.07 Å². The minimum atomic E-state index is -0.163. The van der Waals surface area contributed by atoms with E-state index in [9.17, 15) is 4.79 Å². The Morgan fingerprint density at radius 1 is 1.33 bits per heavy atom. The van der Waals surface area contributed by atoms with Crippen LogP contribution in [-0.4, -0.2) is 15.0 Å². The largest absolute Gasteiger partial charge is 0.310 e. The average molecular weight is 238 g/mol. The van der Waals surface area contributed by atoms with Gasteiger partial charge in [-0.05, 0) is 18.9 Å². The molecule has 2 aromatic rings. The molecule has 5 heteroatoms. The Morgan fingerprint density at radius 3 is 2.89 bits per heavy atom. The fourth-order valence-electron chi connectivity index (χ4n) is 1.82. The van der Waals surface area contributed by atoms with E-state index in [4.69, 9.17) is 5.26 Å². The van der Waals surface area contributed by atoms with Gasteiger partial charge in [0.05, 0.1) is 11.3 Å². The van der Waals surface area contributed by atoms with Gasteiger partial charge in [0.15, 0.2) is 0 Å². The second-order valence-electron chi connectivity index (χ2n) is 4.36. The van der Waals surface area contributed by atoms with Gasteiger partial charge in [-0.15, -0.1) is 0 Å². The van der Waals surface area contributed by atoms with Crippen molar-refractivity contribution in [2.75, 3.05) is 0 Å². The summed E-state index contributed by atoms with van der Waals surface area (Å²) in [6.45, 7) is 0. The first-order chi connectivity index (χ1) is 8.76. The molecule has 0 aliphatic heterocycles. The highest BCUT2D eigenvalue weighted by atomic mass is 16.1. The van der Waals surface area contributed by atoms with E-state index in [2.05, 4.69) is 15.0 Å². The average Bonchev–Trinajstić information content (AvgIpc) is 3.22. The lowest BCUT2D eigenvalue weighted by Crippen LogP contribution is -2.10. The van der Waals surface area contributed by atoms with E-state index >= 15 is 0 Å². The Bertz CT molecular complexity index is 695. The molecule has 18 heavy (non-hydrogen) atoms. The highest BCUT2D eigenvalue weighted by Gasteiger charge is 2.26. The van der Waals surface area contributed by atoms with Crippen LogP contribution in [0.1, 0.15) is 30.1 Å². The summed E-state index contributed by atoms with van der Waals surface area (Å²) >= 11 is 0. The topological polar surface area (TPSA) is 82.4 Å². The molecule has 2 aromatic heterocycles. The van der Waals surface area contributed by atoms with Crippen LogP contribution in [0.3, 0.4) is 0 Å². The molecule has 1 saturated carbocycles. The molecule has 0 bridgehead atoms. The molecule has 1 N–H and O–H groups in total. The number of nitriles is 1. The summed E-state index contributed by atoms with van der Waals surface area (Å²) < 4.78 is 0. The maximum atomic E-state index is 11.6. The van der Waals surface area contributed by atoms with Crippen LogP contribution in [0.2, 0.25) is 0 Å².